The number of methoxy groups -OCH3 is 3. The monoisotopic (exact) mass is 402 g/mol. The summed E-state index contributed by atoms with van der Waals surface area (Å²) in [4.78, 5) is 3.77. The molecule has 1 aliphatic heterocycles. The van der Waals surface area contributed by atoms with Crippen molar-refractivity contribution in [1.82, 2.24) is 4.90 Å². The number of hydrogen-bond acceptors (Lipinski definition) is 4. The second-order valence-corrected chi connectivity index (χ2v) is 7.18. The summed E-state index contributed by atoms with van der Waals surface area (Å²) in [7, 11) is 4.99. The van der Waals surface area contributed by atoms with Gasteiger partial charge >= 0.3 is 0 Å². The highest BCUT2D eigenvalue weighted by Gasteiger charge is 2.22. The maximum atomic E-state index is 5.62. The van der Waals surface area contributed by atoms with E-state index in [0.717, 1.165) is 60.8 Å². The molecule has 7 heteroatoms. The largest absolute Gasteiger partial charge is 0.497 e. The van der Waals surface area contributed by atoms with Gasteiger partial charge in [0.1, 0.15) is 23.8 Å². The van der Waals surface area contributed by atoms with Gasteiger partial charge < -0.3 is 29.3 Å². The van der Waals surface area contributed by atoms with Crippen LogP contribution in [0.15, 0.2) is 42.5 Å². The first-order valence-corrected chi connectivity index (χ1v) is 9.77. The molecule has 2 aromatic carbocycles. The molecule has 2 aromatic rings. The second-order valence-electron chi connectivity index (χ2n) is 6.80. The Labute approximate surface area is 172 Å². The lowest BCUT2D eigenvalue weighted by Crippen LogP contribution is -3.13. The quantitative estimate of drug-likeness (QED) is 0.719. The first kappa shape index (κ1) is 20.2. The first-order valence-electron chi connectivity index (χ1n) is 9.36. The lowest BCUT2D eigenvalue weighted by atomic mass is 10.2. The third-order valence-corrected chi connectivity index (χ3v) is 5.31. The van der Waals surface area contributed by atoms with E-state index < -0.39 is 0 Å². The maximum absolute atomic E-state index is 5.62. The van der Waals surface area contributed by atoms with E-state index in [0.29, 0.717) is 0 Å². The topological polar surface area (TPSA) is 47.4 Å². The smallest absolute Gasteiger partial charge is 0.173 e. The van der Waals surface area contributed by atoms with E-state index in [4.69, 9.17) is 26.4 Å². The fourth-order valence-corrected chi connectivity index (χ4v) is 3.66. The predicted molar refractivity (Wildman–Crippen MR) is 115 cm³/mol. The lowest BCUT2D eigenvalue weighted by Gasteiger charge is -2.34. The first-order chi connectivity index (χ1) is 13.6. The number of nitrogens with one attached hydrogen (secondary N) is 2. The third-order valence-electron chi connectivity index (χ3n) is 4.95. The van der Waals surface area contributed by atoms with Crippen molar-refractivity contribution in [2.45, 2.75) is 6.54 Å². The van der Waals surface area contributed by atoms with Gasteiger partial charge in [0.25, 0.3) is 0 Å². The summed E-state index contributed by atoms with van der Waals surface area (Å²) in [5.74, 6) is 2.38. The van der Waals surface area contributed by atoms with Crippen LogP contribution in [-0.4, -0.2) is 57.5 Å². The number of rotatable bonds is 6. The van der Waals surface area contributed by atoms with E-state index in [2.05, 4.69) is 22.3 Å². The summed E-state index contributed by atoms with van der Waals surface area (Å²) < 4.78 is 16.0. The highest BCUT2D eigenvalue weighted by Crippen LogP contribution is 2.26. The molecule has 28 heavy (non-hydrogen) atoms. The Bertz CT molecular complexity index is 785. The zero-order chi connectivity index (χ0) is 19.9. The Morgan fingerprint density at radius 2 is 1.61 bits per heavy atom. The third kappa shape index (κ3) is 5.27. The summed E-state index contributed by atoms with van der Waals surface area (Å²) in [6.07, 6.45) is 0. The Morgan fingerprint density at radius 1 is 0.964 bits per heavy atom. The van der Waals surface area contributed by atoms with Crippen LogP contribution in [0.25, 0.3) is 0 Å². The van der Waals surface area contributed by atoms with Crippen molar-refractivity contribution in [1.29, 1.82) is 0 Å². The summed E-state index contributed by atoms with van der Waals surface area (Å²) >= 11 is 5.62. The van der Waals surface area contributed by atoms with Gasteiger partial charge in [0.15, 0.2) is 5.11 Å². The van der Waals surface area contributed by atoms with Crippen LogP contribution in [0.3, 0.4) is 0 Å². The van der Waals surface area contributed by atoms with E-state index >= 15 is 0 Å². The normalized spacial score (nSPS) is 14.5. The van der Waals surface area contributed by atoms with Crippen molar-refractivity contribution in [2.24, 2.45) is 0 Å². The van der Waals surface area contributed by atoms with Crippen LogP contribution in [0, 0.1) is 0 Å². The molecule has 0 amide bonds. The number of thiocarbonyl (C=S) groups is 1. The molecule has 1 fully saturated rings. The SMILES string of the molecule is COc1cccc(C[NH+]2CCN(C(=S)Nc3cc(OC)cc(OC)c3)CC2)c1. The molecule has 0 unspecified atom stereocenters. The molecule has 1 saturated heterocycles. The number of anilines is 1. The number of benzene rings is 2. The molecule has 0 spiro atoms. The number of hydrogen-bond donors (Lipinski definition) is 2. The molecule has 0 atom stereocenters. The van der Waals surface area contributed by atoms with Crippen LogP contribution in [-0.2, 0) is 6.54 Å². The Balaban J connectivity index is 1.53. The number of nitrogens with zero attached hydrogens (tertiary/aromatic N) is 1. The minimum absolute atomic E-state index is 0.732. The Kier molecular flexibility index (Phi) is 6.95. The molecular weight excluding hydrogens is 374 g/mol. The fraction of sp³-hybridized carbons (Fsp3) is 0.381. The molecule has 3 rings (SSSR count). The van der Waals surface area contributed by atoms with Gasteiger partial charge in [-0.15, -0.1) is 0 Å². The van der Waals surface area contributed by atoms with Crippen LogP contribution < -0.4 is 24.4 Å². The van der Waals surface area contributed by atoms with Crippen LogP contribution >= 0.6 is 12.2 Å². The average molecular weight is 403 g/mol. The molecule has 6 nitrogen and oxygen atoms in total. The molecular formula is C21H28N3O3S+. The lowest BCUT2D eigenvalue weighted by molar-refractivity contribution is -0.917. The molecule has 1 heterocycles. The number of quaternary nitrogens is 1. The van der Waals surface area contributed by atoms with Gasteiger partial charge in [0, 0.05) is 29.4 Å². The summed E-state index contributed by atoms with van der Waals surface area (Å²) in [5, 5.41) is 4.04. The number of piperazine rings is 1. The van der Waals surface area contributed by atoms with Crippen molar-refractivity contribution in [3.63, 3.8) is 0 Å². The van der Waals surface area contributed by atoms with E-state index in [9.17, 15) is 0 Å². The second kappa shape index (κ2) is 9.61. The van der Waals surface area contributed by atoms with E-state index in [1.165, 1.54) is 5.56 Å². The average Bonchev–Trinajstić information content (AvgIpc) is 2.74. The molecule has 0 saturated carbocycles. The molecule has 1 aliphatic rings. The predicted octanol–water partition coefficient (Wildman–Crippen LogP) is 1.81. The van der Waals surface area contributed by atoms with Crippen molar-refractivity contribution in [2.75, 3.05) is 52.8 Å². The summed E-state index contributed by atoms with van der Waals surface area (Å²) in [6, 6.07) is 14.0. The van der Waals surface area contributed by atoms with Crippen molar-refractivity contribution >= 4 is 23.0 Å². The molecule has 0 radical (unpaired) electrons. The van der Waals surface area contributed by atoms with Crippen molar-refractivity contribution in [3.05, 3.63) is 48.0 Å². The molecule has 0 bridgehead atoms. The van der Waals surface area contributed by atoms with E-state index in [1.807, 2.05) is 30.3 Å². The van der Waals surface area contributed by atoms with Crippen molar-refractivity contribution < 1.29 is 19.1 Å². The molecule has 150 valence electrons. The Hall–Kier alpha value is -2.51. The minimum Gasteiger partial charge on any atom is -0.497 e. The molecule has 0 aromatic heterocycles. The highest BCUT2D eigenvalue weighted by atomic mass is 32.1. The van der Waals surface area contributed by atoms with Crippen molar-refractivity contribution in [3.8, 4) is 17.2 Å². The fourth-order valence-electron chi connectivity index (χ4n) is 3.36. The van der Waals surface area contributed by atoms with Gasteiger partial charge in [-0.05, 0) is 24.4 Å². The van der Waals surface area contributed by atoms with E-state index in [-0.39, 0.29) is 0 Å². The van der Waals surface area contributed by atoms with Crippen LogP contribution in [0.1, 0.15) is 5.56 Å². The standard InChI is InChI=1S/C21H27N3O3S/c1-25-18-6-4-5-16(11-18)15-23-7-9-24(10-8-23)21(28)22-17-12-19(26-2)14-20(13-17)27-3/h4-6,11-14H,7-10,15H2,1-3H3,(H,22,28)/p+1. The summed E-state index contributed by atoms with van der Waals surface area (Å²) in [6.45, 7) is 4.93. The van der Waals surface area contributed by atoms with Crippen LogP contribution in [0.4, 0.5) is 5.69 Å². The van der Waals surface area contributed by atoms with Gasteiger partial charge in [0.2, 0.25) is 0 Å². The molecule has 0 aliphatic carbocycles. The van der Waals surface area contributed by atoms with Gasteiger partial charge in [-0.2, -0.15) is 0 Å². The maximum Gasteiger partial charge on any atom is 0.173 e. The van der Waals surface area contributed by atoms with Gasteiger partial charge in [-0.3, -0.25) is 0 Å². The van der Waals surface area contributed by atoms with Gasteiger partial charge in [-0.25, -0.2) is 0 Å². The van der Waals surface area contributed by atoms with Gasteiger partial charge in [-0.1, -0.05) is 12.1 Å². The minimum atomic E-state index is 0.732. The van der Waals surface area contributed by atoms with E-state index in [1.54, 1.807) is 26.2 Å². The molecule has 2 N–H and O–H groups in total. The zero-order valence-corrected chi connectivity index (χ0v) is 17.5. The van der Waals surface area contributed by atoms with Gasteiger partial charge in [0.05, 0.1) is 47.5 Å². The highest BCUT2D eigenvalue weighted by molar-refractivity contribution is 7.80. The van der Waals surface area contributed by atoms with Crippen LogP contribution in [0.5, 0.6) is 17.2 Å². The van der Waals surface area contributed by atoms with Crippen LogP contribution in [0.2, 0.25) is 0 Å². The number of ether oxygens (including phenoxy) is 3. The zero-order valence-electron chi connectivity index (χ0n) is 16.7. The summed E-state index contributed by atoms with van der Waals surface area (Å²) in [5.41, 5.74) is 2.17. The Morgan fingerprint density at radius 3 is 2.21 bits per heavy atom.